The van der Waals surface area contributed by atoms with Gasteiger partial charge in [0.15, 0.2) is 0 Å². The van der Waals surface area contributed by atoms with E-state index in [1.165, 1.54) is 27.8 Å². The summed E-state index contributed by atoms with van der Waals surface area (Å²) in [5.74, 6) is 3.25. The third-order valence-electron chi connectivity index (χ3n) is 7.82. The van der Waals surface area contributed by atoms with E-state index in [2.05, 4.69) is 148 Å². The number of allylic oxidation sites excluding steroid dienone is 6. The van der Waals surface area contributed by atoms with Crippen LogP contribution in [0, 0.1) is 13.8 Å². The monoisotopic (exact) mass is 546 g/mol. The van der Waals surface area contributed by atoms with Crippen molar-refractivity contribution < 1.29 is 9.47 Å². The molecule has 0 radical (unpaired) electrons. The number of aryl methyl sites for hydroxylation is 2. The molecule has 0 heterocycles. The Bertz CT molecular complexity index is 1660. The second-order valence-corrected chi connectivity index (χ2v) is 10.8. The van der Waals surface area contributed by atoms with Crippen LogP contribution in [0.5, 0.6) is 23.0 Å². The minimum Gasteiger partial charge on any atom is -0.457 e. The Labute approximate surface area is 248 Å². The molecule has 0 bridgehead atoms. The van der Waals surface area contributed by atoms with Crippen molar-refractivity contribution in [3.05, 3.63) is 185 Å². The number of hydrogen-bond acceptors (Lipinski definition) is 2. The van der Waals surface area contributed by atoms with Crippen LogP contribution in [0.3, 0.4) is 0 Å². The molecule has 1 aliphatic carbocycles. The highest BCUT2D eigenvalue weighted by Crippen LogP contribution is 2.45. The molecule has 0 N–H and O–H groups in total. The normalized spacial score (nSPS) is 16.5. The first-order valence-electron chi connectivity index (χ1n) is 14.3. The summed E-state index contributed by atoms with van der Waals surface area (Å²) in [5, 5.41) is 0. The Morgan fingerprint density at radius 1 is 0.452 bits per heavy atom. The number of hydrogen-bond donors (Lipinski definition) is 0. The third-order valence-corrected chi connectivity index (χ3v) is 7.82. The van der Waals surface area contributed by atoms with E-state index in [0.29, 0.717) is 0 Å². The number of benzene rings is 5. The molecule has 42 heavy (non-hydrogen) atoms. The van der Waals surface area contributed by atoms with Crippen molar-refractivity contribution in [2.24, 2.45) is 0 Å². The molecule has 0 fully saturated rings. The second kappa shape index (κ2) is 11.8. The number of rotatable bonds is 6. The van der Waals surface area contributed by atoms with Gasteiger partial charge in [0, 0.05) is 0 Å². The molecular formula is C40H34O2. The van der Waals surface area contributed by atoms with E-state index in [4.69, 9.17) is 9.47 Å². The summed E-state index contributed by atoms with van der Waals surface area (Å²) < 4.78 is 12.4. The highest BCUT2D eigenvalue weighted by Gasteiger charge is 2.36. The maximum atomic E-state index is 6.19. The Morgan fingerprint density at radius 3 is 1.40 bits per heavy atom. The molecule has 5 aromatic rings. The van der Waals surface area contributed by atoms with Crippen LogP contribution < -0.4 is 9.47 Å². The van der Waals surface area contributed by atoms with Crippen LogP contribution in [-0.4, -0.2) is 0 Å². The topological polar surface area (TPSA) is 18.5 Å². The van der Waals surface area contributed by atoms with Crippen molar-refractivity contribution in [2.45, 2.75) is 26.2 Å². The molecule has 2 nitrogen and oxygen atoms in total. The van der Waals surface area contributed by atoms with Crippen LogP contribution in [0.15, 0.2) is 152 Å². The van der Waals surface area contributed by atoms with Crippen LogP contribution in [0.2, 0.25) is 0 Å². The van der Waals surface area contributed by atoms with Crippen molar-refractivity contribution in [2.75, 3.05) is 0 Å². The number of fused-ring (bicyclic) bond motifs is 1. The smallest absolute Gasteiger partial charge is 0.127 e. The highest BCUT2D eigenvalue weighted by atomic mass is 16.5. The van der Waals surface area contributed by atoms with E-state index < -0.39 is 5.41 Å². The van der Waals surface area contributed by atoms with Gasteiger partial charge in [-0.05, 0) is 97.1 Å². The zero-order valence-corrected chi connectivity index (χ0v) is 24.3. The lowest BCUT2D eigenvalue weighted by Gasteiger charge is -2.35. The van der Waals surface area contributed by atoms with Gasteiger partial charge >= 0.3 is 0 Å². The summed E-state index contributed by atoms with van der Waals surface area (Å²) in [4.78, 5) is 0. The molecule has 0 aromatic heterocycles. The van der Waals surface area contributed by atoms with Crippen LogP contribution in [0.4, 0.5) is 0 Å². The summed E-state index contributed by atoms with van der Waals surface area (Å²) in [6.45, 7) is 6.33. The van der Waals surface area contributed by atoms with Gasteiger partial charge in [-0.3, -0.25) is 0 Å². The first-order valence-corrected chi connectivity index (χ1v) is 14.3. The maximum absolute atomic E-state index is 6.19. The average Bonchev–Trinajstić information content (AvgIpc) is 3.09. The van der Waals surface area contributed by atoms with Crippen molar-refractivity contribution in [1.82, 2.24) is 0 Å². The zero-order chi connectivity index (χ0) is 28.9. The van der Waals surface area contributed by atoms with E-state index in [1.807, 2.05) is 24.3 Å². The molecule has 0 unspecified atom stereocenters. The van der Waals surface area contributed by atoms with Crippen molar-refractivity contribution in [3.8, 4) is 23.0 Å². The van der Waals surface area contributed by atoms with Gasteiger partial charge < -0.3 is 9.47 Å². The van der Waals surface area contributed by atoms with Gasteiger partial charge in [-0.25, -0.2) is 0 Å². The van der Waals surface area contributed by atoms with E-state index in [-0.39, 0.29) is 0 Å². The largest absolute Gasteiger partial charge is 0.457 e. The first-order chi connectivity index (χ1) is 20.5. The van der Waals surface area contributed by atoms with Gasteiger partial charge in [-0.1, -0.05) is 114 Å². The average molecular weight is 547 g/mol. The first kappa shape index (κ1) is 27.1. The molecule has 0 saturated heterocycles. The fraction of sp³-hybridized carbons (Fsp3) is 0.100. The SMILES string of the molecule is C\C1=C/C=C\C=C\C(c2ccc(Oc3ccc(C)cc3)cc2)(c2ccc(Oc3ccc(C)cc3)cc2)c2ccccc21. The van der Waals surface area contributed by atoms with Gasteiger partial charge in [0.05, 0.1) is 5.41 Å². The molecule has 1 aliphatic rings. The molecule has 0 amide bonds. The molecule has 2 heteroatoms. The fourth-order valence-electron chi connectivity index (χ4n) is 5.54. The standard InChI is InChI=1S/C40H34O2/c1-29-12-20-34(21-13-29)41-36-24-16-32(17-25-36)40(28-8-4-5-9-31(3)38-10-6-7-11-39(38)40)33-18-26-37(27-19-33)42-35-22-14-30(2)15-23-35/h4-28H,1-3H3/b5-4-,28-8+,31-9+. The molecular weight excluding hydrogens is 512 g/mol. The van der Waals surface area contributed by atoms with E-state index >= 15 is 0 Å². The molecule has 6 rings (SSSR count). The van der Waals surface area contributed by atoms with E-state index in [1.54, 1.807) is 0 Å². The summed E-state index contributed by atoms with van der Waals surface area (Å²) in [6.07, 6.45) is 10.8. The number of ether oxygens (including phenoxy) is 2. The molecule has 0 atom stereocenters. The summed E-state index contributed by atoms with van der Waals surface area (Å²) in [7, 11) is 0. The minimum absolute atomic E-state index is 0.550. The lowest BCUT2D eigenvalue weighted by molar-refractivity contribution is 0.482. The van der Waals surface area contributed by atoms with Gasteiger partial charge in [0.2, 0.25) is 0 Å². The Morgan fingerprint density at radius 2 is 0.905 bits per heavy atom. The van der Waals surface area contributed by atoms with E-state index in [0.717, 1.165) is 34.1 Å². The lowest BCUT2D eigenvalue weighted by Crippen LogP contribution is -2.28. The van der Waals surface area contributed by atoms with Crippen LogP contribution in [0.25, 0.3) is 5.57 Å². The molecule has 0 saturated carbocycles. The Balaban J connectivity index is 1.46. The molecule has 206 valence electrons. The lowest BCUT2D eigenvalue weighted by atomic mass is 9.67. The summed E-state index contributed by atoms with van der Waals surface area (Å²) >= 11 is 0. The third kappa shape index (κ3) is 5.57. The van der Waals surface area contributed by atoms with E-state index in [9.17, 15) is 0 Å². The molecule has 5 aromatic carbocycles. The second-order valence-electron chi connectivity index (χ2n) is 10.8. The Hall–Kier alpha value is -5.08. The minimum atomic E-state index is -0.550. The molecule has 0 aliphatic heterocycles. The van der Waals surface area contributed by atoms with Crippen molar-refractivity contribution >= 4 is 5.57 Å². The van der Waals surface area contributed by atoms with Crippen molar-refractivity contribution in [1.29, 1.82) is 0 Å². The van der Waals surface area contributed by atoms with Gasteiger partial charge in [0.25, 0.3) is 0 Å². The molecule has 0 spiro atoms. The van der Waals surface area contributed by atoms with Gasteiger partial charge in [0.1, 0.15) is 23.0 Å². The predicted molar refractivity (Wildman–Crippen MR) is 174 cm³/mol. The highest BCUT2D eigenvalue weighted by molar-refractivity contribution is 5.73. The zero-order valence-electron chi connectivity index (χ0n) is 24.3. The maximum Gasteiger partial charge on any atom is 0.127 e. The van der Waals surface area contributed by atoms with Crippen LogP contribution >= 0.6 is 0 Å². The summed E-state index contributed by atoms with van der Waals surface area (Å²) in [6, 6.07) is 42.0. The quantitative estimate of drug-likeness (QED) is 0.211. The Kier molecular flexibility index (Phi) is 7.62. The predicted octanol–water partition coefficient (Wildman–Crippen LogP) is 10.8. The summed E-state index contributed by atoms with van der Waals surface area (Å²) in [5.41, 5.74) is 7.82. The van der Waals surface area contributed by atoms with Crippen molar-refractivity contribution in [3.63, 3.8) is 0 Å². The van der Waals surface area contributed by atoms with Gasteiger partial charge in [-0.2, -0.15) is 0 Å². The van der Waals surface area contributed by atoms with Crippen LogP contribution in [-0.2, 0) is 5.41 Å². The van der Waals surface area contributed by atoms with Crippen LogP contribution in [0.1, 0.15) is 40.3 Å². The fourth-order valence-corrected chi connectivity index (χ4v) is 5.54. The van der Waals surface area contributed by atoms with Gasteiger partial charge in [-0.15, -0.1) is 0 Å².